The third-order valence-electron chi connectivity index (χ3n) is 3.90. The van der Waals surface area contributed by atoms with Gasteiger partial charge < -0.3 is 10.2 Å². The average Bonchev–Trinajstić information content (AvgIpc) is 2.93. The number of nitrogens with one attached hydrogen (secondary N) is 1. The average molecular weight is 196 g/mol. The summed E-state index contributed by atoms with van der Waals surface area (Å²) in [6, 6.07) is 1.72. The van der Waals surface area contributed by atoms with Crippen LogP contribution in [0.15, 0.2) is 0 Å². The van der Waals surface area contributed by atoms with Gasteiger partial charge in [0.15, 0.2) is 0 Å². The van der Waals surface area contributed by atoms with E-state index in [1.54, 1.807) is 0 Å². The van der Waals surface area contributed by atoms with Crippen LogP contribution in [0.5, 0.6) is 0 Å². The maximum absolute atomic E-state index is 3.70. The highest BCUT2D eigenvalue weighted by molar-refractivity contribution is 4.84. The van der Waals surface area contributed by atoms with E-state index < -0.39 is 0 Å². The Morgan fingerprint density at radius 2 is 2.00 bits per heavy atom. The van der Waals surface area contributed by atoms with Crippen LogP contribution in [0.4, 0.5) is 0 Å². The molecule has 0 heterocycles. The summed E-state index contributed by atoms with van der Waals surface area (Å²) in [5.41, 5.74) is 0. The zero-order valence-electron chi connectivity index (χ0n) is 9.63. The van der Waals surface area contributed by atoms with Crippen molar-refractivity contribution < 1.29 is 0 Å². The molecule has 2 saturated carbocycles. The lowest BCUT2D eigenvalue weighted by molar-refractivity contribution is 0.306. The first-order chi connectivity index (χ1) is 6.77. The van der Waals surface area contributed by atoms with Crippen LogP contribution in [0.1, 0.15) is 39.0 Å². The molecule has 2 heteroatoms. The molecule has 0 saturated heterocycles. The minimum absolute atomic E-state index is 0.808. The van der Waals surface area contributed by atoms with E-state index in [0.29, 0.717) is 0 Å². The maximum Gasteiger partial charge on any atom is 0.0107 e. The molecular weight excluding hydrogens is 172 g/mol. The fourth-order valence-corrected chi connectivity index (χ4v) is 2.57. The molecule has 82 valence electrons. The predicted molar refractivity (Wildman–Crippen MR) is 60.5 cm³/mol. The lowest BCUT2D eigenvalue weighted by atomic mass is 10.1. The Bertz CT molecular complexity index is 177. The van der Waals surface area contributed by atoms with Gasteiger partial charge in [-0.3, -0.25) is 0 Å². The molecule has 0 aromatic rings. The molecule has 14 heavy (non-hydrogen) atoms. The van der Waals surface area contributed by atoms with Crippen LogP contribution >= 0.6 is 0 Å². The molecule has 2 nitrogen and oxygen atoms in total. The first-order valence-corrected chi connectivity index (χ1v) is 6.21. The molecule has 2 fully saturated rings. The normalized spacial score (nSPS) is 32.8. The summed E-state index contributed by atoms with van der Waals surface area (Å²) in [5, 5.41) is 3.70. The van der Waals surface area contributed by atoms with Gasteiger partial charge in [0.2, 0.25) is 0 Å². The molecule has 0 aromatic carbocycles. The highest BCUT2D eigenvalue weighted by Gasteiger charge is 2.26. The molecule has 0 radical (unpaired) electrons. The van der Waals surface area contributed by atoms with Crippen molar-refractivity contribution in [1.82, 2.24) is 10.2 Å². The fourth-order valence-electron chi connectivity index (χ4n) is 2.57. The summed E-state index contributed by atoms with van der Waals surface area (Å²) >= 11 is 0. The lowest BCUT2D eigenvalue weighted by Crippen LogP contribution is -2.37. The highest BCUT2D eigenvalue weighted by atomic mass is 15.2. The van der Waals surface area contributed by atoms with Crippen molar-refractivity contribution in [2.24, 2.45) is 5.92 Å². The molecule has 0 aromatic heterocycles. The van der Waals surface area contributed by atoms with E-state index in [9.17, 15) is 0 Å². The third kappa shape index (κ3) is 2.71. The number of hydrogen-bond donors (Lipinski definition) is 1. The van der Waals surface area contributed by atoms with Crippen molar-refractivity contribution in [3.8, 4) is 0 Å². The van der Waals surface area contributed by atoms with Gasteiger partial charge in [0.1, 0.15) is 0 Å². The molecular formula is C12H24N2. The zero-order valence-corrected chi connectivity index (χ0v) is 9.63. The second-order valence-electron chi connectivity index (χ2n) is 5.18. The van der Waals surface area contributed by atoms with Gasteiger partial charge in [-0.1, -0.05) is 13.3 Å². The first kappa shape index (κ1) is 10.4. The molecule has 2 unspecified atom stereocenters. The molecule has 0 spiro atoms. The zero-order chi connectivity index (χ0) is 9.97. The van der Waals surface area contributed by atoms with Crippen molar-refractivity contribution in [3.63, 3.8) is 0 Å². The van der Waals surface area contributed by atoms with Crippen LogP contribution in [0.3, 0.4) is 0 Å². The Labute approximate surface area is 88.1 Å². The van der Waals surface area contributed by atoms with Crippen LogP contribution in [0.2, 0.25) is 0 Å². The molecule has 0 amide bonds. The molecule has 0 aliphatic heterocycles. The lowest BCUT2D eigenvalue weighted by Gasteiger charge is -2.20. The number of likely N-dealkylation sites (N-methyl/N-ethyl adjacent to an activating group) is 1. The summed E-state index contributed by atoms with van der Waals surface area (Å²) in [4.78, 5) is 2.51. The largest absolute Gasteiger partial charge is 0.312 e. The molecule has 1 N–H and O–H groups in total. The molecule has 2 aliphatic rings. The van der Waals surface area contributed by atoms with Gasteiger partial charge in [0.05, 0.1) is 0 Å². The smallest absolute Gasteiger partial charge is 0.0107 e. The fraction of sp³-hybridized carbons (Fsp3) is 1.00. The molecule has 0 bridgehead atoms. The summed E-state index contributed by atoms with van der Waals surface area (Å²) in [7, 11) is 2.26. The number of rotatable bonds is 5. The van der Waals surface area contributed by atoms with Crippen LogP contribution in [0, 0.1) is 5.92 Å². The monoisotopic (exact) mass is 196 g/mol. The topological polar surface area (TPSA) is 15.3 Å². The maximum atomic E-state index is 3.70. The SMILES string of the molecule is CC1CCCC1NCCN(C)C1CC1. The van der Waals surface area contributed by atoms with Crippen LogP contribution in [-0.4, -0.2) is 37.1 Å². The third-order valence-corrected chi connectivity index (χ3v) is 3.90. The van der Waals surface area contributed by atoms with E-state index in [2.05, 4.69) is 24.2 Å². The van der Waals surface area contributed by atoms with Crippen molar-refractivity contribution in [3.05, 3.63) is 0 Å². The Kier molecular flexibility index (Phi) is 3.45. The second-order valence-corrected chi connectivity index (χ2v) is 5.18. The van der Waals surface area contributed by atoms with Gasteiger partial charge in [-0.2, -0.15) is 0 Å². The number of hydrogen-bond acceptors (Lipinski definition) is 2. The van der Waals surface area contributed by atoms with Gasteiger partial charge in [-0.05, 0) is 38.6 Å². The van der Waals surface area contributed by atoms with Crippen LogP contribution in [-0.2, 0) is 0 Å². The van der Waals surface area contributed by atoms with E-state index in [4.69, 9.17) is 0 Å². The van der Waals surface area contributed by atoms with E-state index in [0.717, 1.165) is 18.0 Å². The Balaban J connectivity index is 1.57. The van der Waals surface area contributed by atoms with Crippen molar-refractivity contribution in [2.75, 3.05) is 20.1 Å². The quantitative estimate of drug-likeness (QED) is 0.722. The van der Waals surface area contributed by atoms with Gasteiger partial charge in [-0.15, -0.1) is 0 Å². The van der Waals surface area contributed by atoms with Crippen LogP contribution < -0.4 is 5.32 Å². The van der Waals surface area contributed by atoms with E-state index in [-0.39, 0.29) is 0 Å². The van der Waals surface area contributed by atoms with Crippen molar-refractivity contribution >= 4 is 0 Å². The Hall–Kier alpha value is -0.0800. The minimum Gasteiger partial charge on any atom is -0.312 e. The van der Waals surface area contributed by atoms with Crippen molar-refractivity contribution in [1.29, 1.82) is 0 Å². The predicted octanol–water partition coefficient (Wildman–Crippen LogP) is 1.86. The van der Waals surface area contributed by atoms with Crippen molar-refractivity contribution in [2.45, 2.75) is 51.1 Å². The van der Waals surface area contributed by atoms with Gasteiger partial charge in [-0.25, -0.2) is 0 Å². The summed E-state index contributed by atoms with van der Waals surface area (Å²) in [5.74, 6) is 0.904. The summed E-state index contributed by atoms with van der Waals surface area (Å²) in [6.07, 6.45) is 7.11. The number of nitrogens with zero attached hydrogens (tertiary/aromatic N) is 1. The molecule has 2 rings (SSSR count). The Morgan fingerprint density at radius 1 is 1.21 bits per heavy atom. The van der Waals surface area contributed by atoms with E-state index in [1.807, 2.05) is 0 Å². The summed E-state index contributed by atoms with van der Waals surface area (Å²) < 4.78 is 0. The molecule has 2 atom stereocenters. The highest BCUT2D eigenvalue weighted by Crippen LogP contribution is 2.26. The van der Waals surface area contributed by atoms with Crippen LogP contribution in [0.25, 0.3) is 0 Å². The van der Waals surface area contributed by atoms with Gasteiger partial charge in [0, 0.05) is 25.2 Å². The van der Waals surface area contributed by atoms with Gasteiger partial charge in [0.25, 0.3) is 0 Å². The standard InChI is InChI=1S/C12H24N2/c1-10-4-3-5-12(10)13-8-9-14(2)11-6-7-11/h10-13H,3-9H2,1-2H3. The second kappa shape index (κ2) is 4.63. The minimum atomic E-state index is 0.808. The van der Waals surface area contributed by atoms with Gasteiger partial charge >= 0.3 is 0 Å². The van der Waals surface area contributed by atoms with E-state index in [1.165, 1.54) is 45.2 Å². The Morgan fingerprint density at radius 3 is 2.57 bits per heavy atom. The van der Waals surface area contributed by atoms with E-state index >= 15 is 0 Å². The summed E-state index contributed by atoms with van der Waals surface area (Å²) in [6.45, 7) is 4.80. The first-order valence-electron chi connectivity index (χ1n) is 6.21. The molecule has 2 aliphatic carbocycles.